The van der Waals surface area contributed by atoms with Crippen molar-refractivity contribution in [1.82, 2.24) is 4.90 Å². The first kappa shape index (κ1) is 20.3. The predicted octanol–water partition coefficient (Wildman–Crippen LogP) is 4.74. The van der Waals surface area contributed by atoms with E-state index in [1.54, 1.807) is 24.3 Å². The average Bonchev–Trinajstić information content (AvgIpc) is 3.25. The minimum Gasteiger partial charge on any atom is -0.396 e. The van der Waals surface area contributed by atoms with Gasteiger partial charge in [-0.3, -0.25) is 0 Å². The number of fused-ring (bicyclic) bond motifs is 1. The summed E-state index contributed by atoms with van der Waals surface area (Å²) >= 11 is 0. The van der Waals surface area contributed by atoms with E-state index in [4.69, 9.17) is 9.47 Å². The molecule has 2 saturated heterocycles. The molecule has 2 aromatic carbocycles. The third kappa shape index (κ3) is 3.66. The highest BCUT2D eigenvalue weighted by atomic mass is 19.3. The molecule has 4 rings (SSSR count). The maximum Gasteiger partial charge on any atom is 0.263 e. The topological polar surface area (TPSA) is 41.9 Å². The number of rotatable bonds is 6. The molecule has 0 bridgehead atoms. The number of halogens is 4. The summed E-state index contributed by atoms with van der Waals surface area (Å²) in [7, 11) is 0. The molecule has 2 fully saturated rings. The number of aliphatic hydroxyl groups is 1. The molecular formula is C21H21F4NO3. The van der Waals surface area contributed by atoms with E-state index in [2.05, 4.69) is 0 Å². The number of alkyl halides is 4. The second-order valence-electron chi connectivity index (χ2n) is 7.37. The Morgan fingerprint density at radius 3 is 1.59 bits per heavy atom. The first-order valence-electron chi connectivity index (χ1n) is 9.34. The lowest BCUT2D eigenvalue weighted by molar-refractivity contribution is -0.0623. The molecule has 1 unspecified atom stereocenters. The van der Waals surface area contributed by atoms with Crippen molar-refractivity contribution in [2.24, 2.45) is 0 Å². The molecule has 4 nitrogen and oxygen atoms in total. The van der Waals surface area contributed by atoms with Gasteiger partial charge in [0.1, 0.15) is 12.5 Å². The summed E-state index contributed by atoms with van der Waals surface area (Å²) in [5.41, 5.74) is 0.644. The van der Waals surface area contributed by atoms with Gasteiger partial charge in [-0.2, -0.15) is 0 Å². The molecule has 0 amide bonds. The Hall–Kier alpha value is -2.00. The molecule has 1 N–H and O–H groups in total. The van der Waals surface area contributed by atoms with Crippen molar-refractivity contribution >= 4 is 0 Å². The molecule has 2 heterocycles. The fourth-order valence-electron chi connectivity index (χ4n) is 4.05. The van der Waals surface area contributed by atoms with Crippen LogP contribution in [0.4, 0.5) is 17.6 Å². The van der Waals surface area contributed by atoms with E-state index in [0.29, 0.717) is 30.8 Å². The van der Waals surface area contributed by atoms with Gasteiger partial charge in [0.25, 0.3) is 12.9 Å². The molecule has 3 atom stereocenters. The Bertz CT molecular complexity index is 765. The van der Waals surface area contributed by atoms with Gasteiger partial charge in [0.15, 0.2) is 0 Å². The molecule has 0 aliphatic carbocycles. The summed E-state index contributed by atoms with van der Waals surface area (Å²) < 4.78 is 63.5. The fraction of sp³-hybridized carbons (Fsp3) is 0.429. The Morgan fingerprint density at radius 1 is 0.828 bits per heavy atom. The SMILES string of the molecule is OCC[C@]12COC(c3ccc(C(F)F)cc3)N1[C@H](c1ccc(C(F)F)cc1)OC2. The lowest BCUT2D eigenvalue weighted by atomic mass is 9.96. The number of hydrogen-bond donors (Lipinski definition) is 1. The smallest absolute Gasteiger partial charge is 0.263 e. The minimum absolute atomic E-state index is 0.0721. The van der Waals surface area contributed by atoms with Gasteiger partial charge >= 0.3 is 0 Å². The number of aliphatic hydroxyl groups excluding tert-OH is 1. The first-order valence-corrected chi connectivity index (χ1v) is 9.34. The molecule has 0 spiro atoms. The summed E-state index contributed by atoms with van der Waals surface area (Å²) in [5.74, 6) is 0. The van der Waals surface area contributed by atoms with Crippen LogP contribution in [0.2, 0.25) is 0 Å². The van der Waals surface area contributed by atoms with E-state index < -0.39 is 30.8 Å². The van der Waals surface area contributed by atoms with Gasteiger partial charge in [0, 0.05) is 17.7 Å². The molecule has 2 aliphatic rings. The molecule has 8 heteroatoms. The predicted molar refractivity (Wildman–Crippen MR) is 96.5 cm³/mol. The second-order valence-corrected chi connectivity index (χ2v) is 7.37. The Morgan fingerprint density at radius 2 is 1.24 bits per heavy atom. The van der Waals surface area contributed by atoms with E-state index in [-0.39, 0.29) is 17.7 Å². The van der Waals surface area contributed by atoms with Crippen molar-refractivity contribution in [1.29, 1.82) is 0 Å². The third-order valence-electron chi connectivity index (χ3n) is 5.60. The van der Waals surface area contributed by atoms with Gasteiger partial charge < -0.3 is 14.6 Å². The summed E-state index contributed by atoms with van der Waals surface area (Å²) in [5, 5.41) is 9.57. The van der Waals surface area contributed by atoms with Gasteiger partial charge in [-0.1, -0.05) is 48.5 Å². The van der Waals surface area contributed by atoms with Crippen LogP contribution in [-0.4, -0.2) is 35.4 Å². The molecule has 0 aromatic heterocycles. The van der Waals surface area contributed by atoms with E-state index in [0.717, 1.165) is 0 Å². The van der Waals surface area contributed by atoms with Gasteiger partial charge in [-0.15, -0.1) is 0 Å². The van der Waals surface area contributed by atoms with Crippen molar-refractivity contribution in [2.45, 2.75) is 37.3 Å². The van der Waals surface area contributed by atoms with Gasteiger partial charge in [0.05, 0.1) is 18.8 Å². The number of ether oxygens (including phenoxy) is 2. The minimum atomic E-state index is -2.56. The van der Waals surface area contributed by atoms with Crippen LogP contribution >= 0.6 is 0 Å². The van der Waals surface area contributed by atoms with Gasteiger partial charge in [-0.05, 0) is 17.5 Å². The van der Waals surface area contributed by atoms with Crippen LogP contribution in [0.3, 0.4) is 0 Å². The Labute approximate surface area is 165 Å². The van der Waals surface area contributed by atoms with Crippen LogP contribution in [0.25, 0.3) is 0 Å². The second kappa shape index (κ2) is 8.02. The maximum absolute atomic E-state index is 12.9. The van der Waals surface area contributed by atoms with Crippen molar-refractivity contribution in [3.8, 4) is 0 Å². The van der Waals surface area contributed by atoms with Crippen molar-refractivity contribution in [3.63, 3.8) is 0 Å². The Balaban J connectivity index is 1.67. The van der Waals surface area contributed by atoms with Gasteiger partial charge in [-0.25, -0.2) is 22.5 Å². The third-order valence-corrected chi connectivity index (χ3v) is 5.60. The molecule has 0 saturated carbocycles. The first-order chi connectivity index (χ1) is 13.9. The van der Waals surface area contributed by atoms with E-state index in [9.17, 15) is 22.7 Å². The zero-order valence-corrected chi connectivity index (χ0v) is 15.5. The molecule has 2 aliphatic heterocycles. The number of hydrogen-bond acceptors (Lipinski definition) is 4. The molecule has 29 heavy (non-hydrogen) atoms. The number of benzene rings is 2. The zero-order chi connectivity index (χ0) is 20.6. The van der Waals surface area contributed by atoms with Crippen LogP contribution < -0.4 is 0 Å². The normalized spacial score (nSPS) is 27.1. The summed E-state index contributed by atoms with van der Waals surface area (Å²) in [6, 6.07) is 11.8. The monoisotopic (exact) mass is 411 g/mol. The van der Waals surface area contributed by atoms with E-state index in [1.165, 1.54) is 24.3 Å². The van der Waals surface area contributed by atoms with Gasteiger partial charge in [0.2, 0.25) is 0 Å². The molecule has 2 aromatic rings. The van der Waals surface area contributed by atoms with E-state index in [1.807, 2.05) is 4.90 Å². The molecular weight excluding hydrogens is 390 g/mol. The quantitative estimate of drug-likeness (QED) is 0.697. The van der Waals surface area contributed by atoms with Crippen molar-refractivity contribution < 1.29 is 32.1 Å². The summed E-state index contributed by atoms with van der Waals surface area (Å²) in [6.07, 6.45) is -5.83. The lowest BCUT2D eigenvalue weighted by Crippen LogP contribution is -2.45. The van der Waals surface area contributed by atoms with Crippen molar-refractivity contribution in [2.75, 3.05) is 19.8 Å². The molecule has 0 radical (unpaired) electrons. The van der Waals surface area contributed by atoms with Crippen LogP contribution in [0, 0.1) is 0 Å². The Kier molecular flexibility index (Phi) is 5.61. The van der Waals surface area contributed by atoms with Crippen LogP contribution in [-0.2, 0) is 9.47 Å². The van der Waals surface area contributed by atoms with Crippen LogP contribution in [0.15, 0.2) is 48.5 Å². The largest absolute Gasteiger partial charge is 0.396 e. The highest BCUT2D eigenvalue weighted by molar-refractivity contribution is 5.30. The highest BCUT2D eigenvalue weighted by Crippen LogP contribution is 2.50. The highest BCUT2D eigenvalue weighted by Gasteiger charge is 2.56. The van der Waals surface area contributed by atoms with Crippen molar-refractivity contribution in [3.05, 3.63) is 70.8 Å². The fourth-order valence-corrected chi connectivity index (χ4v) is 4.05. The summed E-state index contributed by atoms with van der Waals surface area (Å²) in [6.45, 7) is 0.540. The maximum atomic E-state index is 12.9. The standard InChI is InChI=1S/C21H21F4NO3/c22-17(23)13-1-5-15(6-2-13)19-26-20(16-7-3-14(4-8-16)18(24)25)29-12-21(26,9-10-27)11-28-19/h1-8,17-20,27H,9-12H2/t19-,20?,21-/m0/s1. The van der Waals surface area contributed by atoms with Crippen LogP contribution in [0.5, 0.6) is 0 Å². The summed E-state index contributed by atoms with van der Waals surface area (Å²) in [4.78, 5) is 1.97. The number of nitrogens with zero attached hydrogens (tertiary/aromatic N) is 1. The average molecular weight is 411 g/mol. The van der Waals surface area contributed by atoms with Crippen LogP contribution in [0.1, 0.15) is 54.0 Å². The zero-order valence-electron chi connectivity index (χ0n) is 15.5. The molecule has 156 valence electrons. The lowest BCUT2D eigenvalue weighted by Gasteiger charge is -2.34. The van der Waals surface area contributed by atoms with E-state index >= 15 is 0 Å².